The Hall–Kier alpha value is -3.52. The maximum atomic E-state index is 13.0. The number of benzene rings is 2. The summed E-state index contributed by atoms with van der Waals surface area (Å²) in [6.07, 6.45) is 1.78. The van der Waals surface area contributed by atoms with E-state index >= 15 is 0 Å². The molecule has 0 aliphatic carbocycles. The van der Waals surface area contributed by atoms with Crippen molar-refractivity contribution in [1.29, 1.82) is 0 Å². The summed E-state index contributed by atoms with van der Waals surface area (Å²) in [4.78, 5) is 29.4. The van der Waals surface area contributed by atoms with Gasteiger partial charge in [-0.2, -0.15) is 5.10 Å². The summed E-state index contributed by atoms with van der Waals surface area (Å²) >= 11 is 5.95. The number of anilines is 2. The lowest BCUT2D eigenvalue weighted by molar-refractivity contribution is 0.0991. The minimum Gasteiger partial charge on any atom is -0.465 e. The number of carboxylic acid groups (broad SMARTS) is 1. The molecule has 2 aromatic carbocycles. The zero-order valence-electron chi connectivity index (χ0n) is 17.5. The van der Waals surface area contributed by atoms with Gasteiger partial charge in [0.05, 0.1) is 18.3 Å². The SMILES string of the molecule is CN(C(=O)O)C1CCN(c2ccc(N3Cc4cn(-c5ccc(Cl)cc5)nc4C3=O)cc2)C1. The Morgan fingerprint density at radius 3 is 2.41 bits per heavy atom. The van der Waals surface area contributed by atoms with Gasteiger partial charge in [0.1, 0.15) is 0 Å². The van der Waals surface area contributed by atoms with Gasteiger partial charge in [0, 0.05) is 48.3 Å². The summed E-state index contributed by atoms with van der Waals surface area (Å²) in [5.41, 5.74) is 4.03. The Kier molecular flexibility index (Phi) is 5.01. The van der Waals surface area contributed by atoms with Crippen LogP contribution >= 0.6 is 11.6 Å². The van der Waals surface area contributed by atoms with E-state index in [0.717, 1.165) is 35.6 Å². The first-order chi connectivity index (χ1) is 15.4. The van der Waals surface area contributed by atoms with Crippen LogP contribution in [0.5, 0.6) is 0 Å². The van der Waals surface area contributed by atoms with Crippen molar-refractivity contribution in [3.63, 3.8) is 0 Å². The molecule has 1 unspecified atom stereocenters. The number of fused-ring (bicyclic) bond motifs is 1. The monoisotopic (exact) mass is 451 g/mol. The smallest absolute Gasteiger partial charge is 0.407 e. The van der Waals surface area contributed by atoms with Crippen LogP contribution in [0, 0.1) is 0 Å². The first kappa shape index (κ1) is 20.4. The highest BCUT2D eigenvalue weighted by atomic mass is 35.5. The summed E-state index contributed by atoms with van der Waals surface area (Å²) in [7, 11) is 1.61. The highest BCUT2D eigenvalue weighted by molar-refractivity contribution is 6.30. The molecule has 32 heavy (non-hydrogen) atoms. The van der Waals surface area contributed by atoms with E-state index in [1.807, 2.05) is 42.6 Å². The van der Waals surface area contributed by atoms with Gasteiger partial charge in [0.25, 0.3) is 5.91 Å². The van der Waals surface area contributed by atoms with Crippen LogP contribution in [-0.4, -0.2) is 58.0 Å². The predicted octanol–water partition coefficient (Wildman–Crippen LogP) is 3.87. The maximum Gasteiger partial charge on any atom is 0.407 e. The van der Waals surface area contributed by atoms with Crippen molar-refractivity contribution in [1.82, 2.24) is 14.7 Å². The molecule has 0 radical (unpaired) electrons. The third-order valence-corrected chi connectivity index (χ3v) is 6.45. The first-order valence-electron chi connectivity index (χ1n) is 10.4. The molecular formula is C23H22ClN5O3. The second kappa shape index (κ2) is 7.87. The van der Waals surface area contributed by atoms with E-state index in [2.05, 4.69) is 10.00 Å². The average Bonchev–Trinajstić information content (AvgIpc) is 3.50. The molecule has 0 bridgehead atoms. The Morgan fingerprint density at radius 1 is 1.09 bits per heavy atom. The number of rotatable bonds is 4. The molecule has 1 aromatic heterocycles. The normalized spacial score (nSPS) is 17.7. The average molecular weight is 452 g/mol. The van der Waals surface area contributed by atoms with Gasteiger partial charge < -0.3 is 19.8 Å². The predicted molar refractivity (Wildman–Crippen MR) is 122 cm³/mol. The second-order valence-corrected chi connectivity index (χ2v) is 8.55. The number of halogens is 1. The molecule has 9 heteroatoms. The minimum absolute atomic E-state index is 0.0137. The van der Waals surface area contributed by atoms with Crippen LogP contribution in [0.15, 0.2) is 54.7 Å². The quantitative estimate of drug-likeness (QED) is 0.651. The molecule has 2 aliphatic rings. The van der Waals surface area contributed by atoms with E-state index in [4.69, 9.17) is 11.6 Å². The van der Waals surface area contributed by atoms with Gasteiger partial charge in [0.2, 0.25) is 0 Å². The molecule has 3 heterocycles. The number of carbonyl (C=O) groups excluding carboxylic acids is 1. The molecule has 5 rings (SSSR count). The molecule has 164 valence electrons. The van der Waals surface area contributed by atoms with Crippen LogP contribution in [0.1, 0.15) is 22.5 Å². The fourth-order valence-corrected chi connectivity index (χ4v) is 4.43. The minimum atomic E-state index is -0.905. The lowest BCUT2D eigenvalue weighted by atomic mass is 10.2. The van der Waals surface area contributed by atoms with Gasteiger partial charge in [-0.3, -0.25) is 4.79 Å². The van der Waals surface area contributed by atoms with Crippen LogP contribution in [-0.2, 0) is 6.54 Å². The van der Waals surface area contributed by atoms with Gasteiger partial charge in [-0.05, 0) is 55.0 Å². The van der Waals surface area contributed by atoms with Crippen molar-refractivity contribution in [2.24, 2.45) is 0 Å². The molecule has 2 aliphatic heterocycles. The Balaban J connectivity index is 1.28. The molecule has 1 fully saturated rings. The molecule has 1 saturated heterocycles. The number of nitrogens with zero attached hydrogens (tertiary/aromatic N) is 5. The van der Waals surface area contributed by atoms with Crippen molar-refractivity contribution >= 4 is 35.0 Å². The van der Waals surface area contributed by atoms with E-state index < -0.39 is 6.09 Å². The van der Waals surface area contributed by atoms with Crippen molar-refractivity contribution in [2.45, 2.75) is 19.0 Å². The van der Waals surface area contributed by atoms with Gasteiger partial charge >= 0.3 is 6.09 Å². The fraction of sp³-hybridized carbons (Fsp3) is 0.261. The van der Waals surface area contributed by atoms with Crippen molar-refractivity contribution in [2.75, 3.05) is 29.9 Å². The number of amides is 2. The van der Waals surface area contributed by atoms with Crippen LogP contribution in [0.3, 0.4) is 0 Å². The fourth-order valence-electron chi connectivity index (χ4n) is 4.30. The van der Waals surface area contributed by atoms with Crippen LogP contribution in [0.4, 0.5) is 16.2 Å². The van der Waals surface area contributed by atoms with Gasteiger partial charge in [-0.25, -0.2) is 9.48 Å². The molecule has 1 N–H and O–H groups in total. The molecule has 0 saturated carbocycles. The van der Waals surface area contributed by atoms with E-state index in [1.54, 1.807) is 28.8 Å². The first-order valence-corrected chi connectivity index (χ1v) is 10.8. The van der Waals surface area contributed by atoms with E-state index in [0.29, 0.717) is 23.8 Å². The molecular weight excluding hydrogens is 430 g/mol. The lowest BCUT2D eigenvalue weighted by Crippen LogP contribution is -2.38. The lowest BCUT2D eigenvalue weighted by Gasteiger charge is -2.23. The van der Waals surface area contributed by atoms with Crippen LogP contribution < -0.4 is 9.80 Å². The number of hydrogen-bond acceptors (Lipinski definition) is 4. The van der Waals surface area contributed by atoms with Gasteiger partial charge in [0.15, 0.2) is 5.69 Å². The molecule has 1 atom stereocenters. The largest absolute Gasteiger partial charge is 0.465 e. The summed E-state index contributed by atoms with van der Waals surface area (Å²) < 4.78 is 1.71. The Labute approximate surface area is 190 Å². The number of aromatic nitrogens is 2. The zero-order valence-corrected chi connectivity index (χ0v) is 18.2. The summed E-state index contributed by atoms with van der Waals surface area (Å²) in [5, 5.41) is 14.3. The second-order valence-electron chi connectivity index (χ2n) is 8.11. The van der Waals surface area contributed by atoms with Gasteiger partial charge in [-0.1, -0.05) is 11.6 Å². The van der Waals surface area contributed by atoms with Crippen LogP contribution in [0.25, 0.3) is 5.69 Å². The standard InChI is InChI=1S/C23H22ClN5O3/c1-26(23(31)32)20-10-11-27(14-20)17-6-8-18(9-7-17)28-12-15-13-29(25-21(15)22(28)30)19-4-2-16(24)3-5-19/h2-9,13,20H,10-12,14H2,1H3,(H,31,32). The van der Waals surface area contributed by atoms with E-state index in [-0.39, 0.29) is 11.9 Å². The third-order valence-electron chi connectivity index (χ3n) is 6.20. The number of hydrogen-bond donors (Lipinski definition) is 1. The molecule has 0 spiro atoms. The Bertz CT molecular complexity index is 1180. The topological polar surface area (TPSA) is 81.9 Å². The zero-order chi connectivity index (χ0) is 22.4. The maximum absolute atomic E-state index is 13.0. The molecule has 3 aromatic rings. The van der Waals surface area contributed by atoms with Gasteiger partial charge in [-0.15, -0.1) is 0 Å². The highest BCUT2D eigenvalue weighted by Gasteiger charge is 2.33. The van der Waals surface area contributed by atoms with E-state index in [9.17, 15) is 14.7 Å². The molecule has 2 amide bonds. The van der Waals surface area contributed by atoms with Crippen molar-refractivity contribution < 1.29 is 14.7 Å². The third kappa shape index (κ3) is 3.56. The summed E-state index contributed by atoms with van der Waals surface area (Å²) in [5.74, 6) is -0.121. The van der Waals surface area contributed by atoms with E-state index in [1.165, 1.54) is 4.90 Å². The molecule has 8 nitrogen and oxygen atoms in total. The van der Waals surface area contributed by atoms with Crippen LogP contribution in [0.2, 0.25) is 5.02 Å². The Morgan fingerprint density at radius 2 is 1.75 bits per heavy atom. The number of likely N-dealkylation sites (N-methyl/N-ethyl adjacent to an activating group) is 1. The van der Waals surface area contributed by atoms with Crippen molar-refractivity contribution in [3.05, 3.63) is 71.0 Å². The highest BCUT2D eigenvalue weighted by Crippen LogP contribution is 2.31. The summed E-state index contributed by atoms with van der Waals surface area (Å²) in [6.45, 7) is 1.93. The van der Waals surface area contributed by atoms with Crippen molar-refractivity contribution in [3.8, 4) is 5.69 Å². The number of carbonyl (C=O) groups is 2. The summed E-state index contributed by atoms with van der Waals surface area (Å²) in [6, 6.07) is 15.1.